The monoisotopic (exact) mass is 386 g/mol. The van der Waals surface area contributed by atoms with Gasteiger partial charge in [-0.2, -0.15) is 5.26 Å². The molecule has 3 rings (SSSR count). The molecule has 3 nitrogen and oxygen atoms in total. The summed E-state index contributed by atoms with van der Waals surface area (Å²) in [6.45, 7) is 1.91. The first-order chi connectivity index (χ1) is 11.1. The summed E-state index contributed by atoms with van der Waals surface area (Å²) in [4.78, 5) is 12.3. The number of carbonyl (C=O) groups excluding carboxylic acids is 1. The van der Waals surface area contributed by atoms with Crippen molar-refractivity contribution in [2.24, 2.45) is 0 Å². The highest BCUT2D eigenvalue weighted by molar-refractivity contribution is 9.10. The molecule has 23 heavy (non-hydrogen) atoms. The molecule has 0 amide bonds. The summed E-state index contributed by atoms with van der Waals surface area (Å²) in [6, 6.07) is 15.2. The standard InChI is InChI=1S/C18H12BrClN2O/c1-11-18(17(23)9-20)15-7-4-13(19)8-16(15)22(11)14-5-2-12(10-21)3-6-14/h2-8H,9H2,1H3. The Kier molecular flexibility index (Phi) is 4.25. The second-order valence-electron chi connectivity index (χ2n) is 5.17. The first-order valence-electron chi connectivity index (χ1n) is 6.97. The minimum Gasteiger partial charge on any atom is -0.313 e. The molecular formula is C18H12BrClN2O. The van der Waals surface area contributed by atoms with E-state index in [1.807, 2.05) is 41.8 Å². The molecule has 114 valence electrons. The normalized spacial score (nSPS) is 10.7. The zero-order valence-corrected chi connectivity index (χ0v) is 14.6. The fourth-order valence-electron chi connectivity index (χ4n) is 2.83. The Balaban J connectivity index is 2.35. The quantitative estimate of drug-likeness (QED) is 0.469. The number of hydrogen-bond donors (Lipinski definition) is 0. The van der Waals surface area contributed by atoms with E-state index in [1.165, 1.54) is 0 Å². The van der Waals surface area contributed by atoms with Crippen molar-refractivity contribution in [1.82, 2.24) is 4.57 Å². The van der Waals surface area contributed by atoms with Crippen LogP contribution in [0.1, 0.15) is 21.6 Å². The van der Waals surface area contributed by atoms with Crippen LogP contribution >= 0.6 is 27.5 Å². The number of nitrogens with zero attached hydrogens (tertiary/aromatic N) is 2. The van der Waals surface area contributed by atoms with Crippen LogP contribution < -0.4 is 0 Å². The van der Waals surface area contributed by atoms with E-state index in [9.17, 15) is 4.79 Å². The van der Waals surface area contributed by atoms with Crippen molar-refractivity contribution in [3.8, 4) is 11.8 Å². The van der Waals surface area contributed by atoms with E-state index in [-0.39, 0.29) is 11.7 Å². The number of nitriles is 1. The average molecular weight is 388 g/mol. The van der Waals surface area contributed by atoms with Crippen molar-refractivity contribution in [2.45, 2.75) is 6.92 Å². The first kappa shape index (κ1) is 15.8. The molecule has 0 fully saturated rings. The van der Waals surface area contributed by atoms with Crippen molar-refractivity contribution in [3.05, 3.63) is 63.8 Å². The van der Waals surface area contributed by atoms with E-state index in [1.54, 1.807) is 12.1 Å². The molecular weight excluding hydrogens is 376 g/mol. The van der Waals surface area contributed by atoms with Crippen LogP contribution in [-0.2, 0) is 0 Å². The van der Waals surface area contributed by atoms with Gasteiger partial charge in [0.15, 0.2) is 5.78 Å². The average Bonchev–Trinajstić information content (AvgIpc) is 2.85. The lowest BCUT2D eigenvalue weighted by Crippen LogP contribution is -2.04. The highest BCUT2D eigenvalue weighted by Gasteiger charge is 2.20. The van der Waals surface area contributed by atoms with Crippen LogP contribution in [0.15, 0.2) is 46.9 Å². The van der Waals surface area contributed by atoms with Gasteiger partial charge in [-0.1, -0.05) is 22.0 Å². The molecule has 0 saturated heterocycles. The Morgan fingerprint density at radius 2 is 1.96 bits per heavy atom. The van der Waals surface area contributed by atoms with Gasteiger partial charge in [-0.15, -0.1) is 11.6 Å². The second kappa shape index (κ2) is 6.19. The molecule has 0 aliphatic rings. The third kappa shape index (κ3) is 2.67. The number of alkyl halides is 1. The Morgan fingerprint density at radius 3 is 2.57 bits per heavy atom. The Morgan fingerprint density at radius 1 is 1.26 bits per heavy atom. The van der Waals surface area contributed by atoms with Crippen LogP contribution in [0, 0.1) is 18.3 Å². The van der Waals surface area contributed by atoms with E-state index < -0.39 is 0 Å². The van der Waals surface area contributed by atoms with Gasteiger partial charge in [0, 0.05) is 26.8 Å². The smallest absolute Gasteiger partial charge is 0.180 e. The molecule has 0 bridgehead atoms. The number of ketones is 1. The molecule has 5 heteroatoms. The highest BCUT2D eigenvalue weighted by Crippen LogP contribution is 2.32. The number of aromatic nitrogens is 1. The van der Waals surface area contributed by atoms with E-state index in [4.69, 9.17) is 16.9 Å². The van der Waals surface area contributed by atoms with Gasteiger partial charge in [-0.05, 0) is 43.3 Å². The van der Waals surface area contributed by atoms with Crippen molar-refractivity contribution in [1.29, 1.82) is 5.26 Å². The maximum absolute atomic E-state index is 12.3. The molecule has 0 unspecified atom stereocenters. The fraction of sp³-hybridized carbons (Fsp3) is 0.111. The number of hydrogen-bond acceptors (Lipinski definition) is 2. The van der Waals surface area contributed by atoms with Gasteiger partial charge < -0.3 is 4.57 Å². The topological polar surface area (TPSA) is 45.8 Å². The van der Waals surface area contributed by atoms with Crippen molar-refractivity contribution >= 4 is 44.2 Å². The Hall–Kier alpha value is -2.09. The van der Waals surface area contributed by atoms with E-state index in [0.717, 1.165) is 26.8 Å². The largest absolute Gasteiger partial charge is 0.313 e. The summed E-state index contributed by atoms with van der Waals surface area (Å²) in [5.41, 5.74) is 3.91. The molecule has 3 aromatic rings. The predicted molar refractivity (Wildman–Crippen MR) is 95.5 cm³/mol. The molecule has 2 aromatic carbocycles. The molecule has 0 N–H and O–H groups in total. The second-order valence-corrected chi connectivity index (χ2v) is 6.36. The third-order valence-corrected chi connectivity index (χ3v) is 4.56. The zero-order chi connectivity index (χ0) is 16.6. The van der Waals surface area contributed by atoms with Crippen LogP contribution in [0.2, 0.25) is 0 Å². The number of benzene rings is 2. The van der Waals surface area contributed by atoms with Crippen molar-refractivity contribution < 1.29 is 4.79 Å². The molecule has 0 aliphatic heterocycles. The number of carbonyl (C=O) groups is 1. The number of fused-ring (bicyclic) bond motifs is 1. The molecule has 0 atom stereocenters. The lowest BCUT2D eigenvalue weighted by Gasteiger charge is -2.09. The van der Waals surface area contributed by atoms with E-state index >= 15 is 0 Å². The summed E-state index contributed by atoms with van der Waals surface area (Å²) in [6.07, 6.45) is 0. The SMILES string of the molecule is Cc1c(C(=O)CCl)c2ccc(Br)cc2n1-c1ccc(C#N)cc1. The van der Waals surface area contributed by atoms with Gasteiger partial charge in [-0.25, -0.2) is 0 Å². The fourth-order valence-corrected chi connectivity index (χ4v) is 3.31. The lowest BCUT2D eigenvalue weighted by molar-refractivity contribution is 0.102. The maximum atomic E-state index is 12.3. The summed E-state index contributed by atoms with van der Waals surface area (Å²) < 4.78 is 2.95. The summed E-state index contributed by atoms with van der Waals surface area (Å²) in [5, 5.41) is 9.82. The molecule has 0 aliphatic carbocycles. The lowest BCUT2D eigenvalue weighted by atomic mass is 10.1. The van der Waals surface area contributed by atoms with Crippen molar-refractivity contribution in [3.63, 3.8) is 0 Å². The van der Waals surface area contributed by atoms with Gasteiger partial charge >= 0.3 is 0 Å². The van der Waals surface area contributed by atoms with Gasteiger partial charge in [0.25, 0.3) is 0 Å². The predicted octanol–water partition coefficient (Wildman–Crippen LogP) is 4.99. The van der Waals surface area contributed by atoms with Gasteiger partial charge in [-0.3, -0.25) is 4.79 Å². The summed E-state index contributed by atoms with van der Waals surface area (Å²) in [5.74, 6) is -0.146. The third-order valence-electron chi connectivity index (χ3n) is 3.82. The van der Waals surface area contributed by atoms with Gasteiger partial charge in [0.05, 0.1) is 23.0 Å². The van der Waals surface area contributed by atoms with Crippen molar-refractivity contribution in [2.75, 3.05) is 5.88 Å². The number of halogens is 2. The highest BCUT2D eigenvalue weighted by atomic mass is 79.9. The van der Waals surface area contributed by atoms with Gasteiger partial charge in [0.2, 0.25) is 0 Å². The van der Waals surface area contributed by atoms with E-state index in [0.29, 0.717) is 11.1 Å². The van der Waals surface area contributed by atoms with Crippen LogP contribution in [-0.4, -0.2) is 16.2 Å². The minimum atomic E-state index is -0.0936. The summed E-state index contributed by atoms with van der Waals surface area (Å²) >= 11 is 9.26. The minimum absolute atomic E-state index is 0.0522. The van der Waals surface area contributed by atoms with Gasteiger partial charge in [0.1, 0.15) is 0 Å². The van der Waals surface area contributed by atoms with Crippen LogP contribution in [0.5, 0.6) is 0 Å². The zero-order valence-electron chi connectivity index (χ0n) is 12.3. The van der Waals surface area contributed by atoms with Crippen LogP contribution in [0.3, 0.4) is 0 Å². The Bertz CT molecular complexity index is 952. The summed E-state index contributed by atoms with van der Waals surface area (Å²) in [7, 11) is 0. The first-order valence-corrected chi connectivity index (χ1v) is 8.30. The molecule has 0 spiro atoms. The van der Waals surface area contributed by atoms with Crippen LogP contribution in [0.4, 0.5) is 0 Å². The maximum Gasteiger partial charge on any atom is 0.180 e. The molecule has 0 radical (unpaired) electrons. The molecule has 0 saturated carbocycles. The number of Topliss-reactive ketones (excluding diaryl/α,β-unsaturated/α-hetero) is 1. The van der Waals surface area contributed by atoms with E-state index in [2.05, 4.69) is 22.0 Å². The Labute approximate surface area is 147 Å². The molecule has 1 aromatic heterocycles. The van der Waals surface area contributed by atoms with Crippen LogP contribution in [0.25, 0.3) is 16.6 Å². The number of rotatable bonds is 3. The molecule has 1 heterocycles.